The van der Waals surface area contributed by atoms with Crippen LogP contribution in [0.5, 0.6) is 0 Å². The summed E-state index contributed by atoms with van der Waals surface area (Å²) in [6.45, 7) is 0.152. The number of hydrogen-bond acceptors (Lipinski definition) is 3. The molecule has 5 heteroatoms. The highest BCUT2D eigenvalue weighted by Crippen LogP contribution is 2.27. The van der Waals surface area contributed by atoms with Gasteiger partial charge in [0.1, 0.15) is 11.6 Å². The Bertz CT molecular complexity index is 803. The molecule has 3 aromatic rings. The Morgan fingerprint density at radius 3 is 2.81 bits per heavy atom. The molecule has 0 saturated carbocycles. The van der Waals surface area contributed by atoms with Gasteiger partial charge in [0.05, 0.1) is 16.9 Å². The normalized spacial score (nSPS) is 10.8. The minimum absolute atomic E-state index is 0.152. The van der Waals surface area contributed by atoms with E-state index in [9.17, 15) is 8.78 Å². The fourth-order valence-electron chi connectivity index (χ4n) is 2.20. The van der Waals surface area contributed by atoms with Gasteiger partial charge in [-0.05, 0) is 42.5 Å². The number of nitrogens with one attached hydrogen (secondary N) is 1. The number of rotatable bonds is 3. The van der Waals surface area contributed by atoms with Crippen molar-refractivity contribution in [2.45, 2.75) is 6.54 Å². The van der Waals surface area contributed by atoms with Crippen LogP contribution in [0.1, 0.15) is 5.56 Å². The molecule has 0 aliphatic rings. The smallest absolute Gasteiger partial charge is 0.128 e. The summed E-state index contributed by atoms with van der Waals surface area (Å²) in [6, 6.07) is 10.6. The van der Waals surface area contributed by atoms with E-state index in [1.807, 2.05) is 12.1 Å². The predicted molar refractivity (Wildman–Crippen MR) is 79.8 cm³/mol. The van der Waals surface area contributed by atoms with E-state index in [2.05, 4.69) is 10.3 Å². The number of anilines is 2. The van der Waals surface area contributed by atoms with E-state index >= 15 is 0 Å². The number of fused-ring (bicyclic) bond motifs is 1. The molecule has 2 aromatic carbocycles. The van der Waals surface area contributed by atoms with Gasteiger partial charge in [0.2, 0.25) is 0 Å². The number of aromatic nitrogens is 1. The first-order valence-electron chi connectivity index (χ1n) is 6.46. The molecule has 0 atom stereocenters. The molecule has 21 heavy (non-hydrogen) atoms. The van der Waals surface area contributed by atoms with Crippen molar-refractivity contribution in [1.82, 2.24) is 4.98 Å². The highest BCUT2D eigenvalue weighted by atomic mass is 19.1. The molecule has 1 aromatic heterocycles. The Hall–Kier alpha value is -2.69. The Kier molecular flexibility index (Phi) is 3.39. The van der Waals surface area contributed by atoms with Crippen molar-refractivity contribution < 1.29 is 8.78 Å². The largest absolute Gasteiger partial charge is 0.397 e. The lowest BCUT2D eigenvalue weighted by Crippen LogP contribution is -2.05. The zero-order valence-electron chi connectivity index (χ0n) is 11.1. The lowest BCUT2D eigenvalue weighted by Gasteiger charge is -2.12. The average Bonchev–Trinajstić information content (AvgIpc) is 2.50. The maximum atomic E-state index is 13.6. The highest BCUT2D eigenvalue weighted by Gasteiger charge is 2.07. The van der Waals surface area contributed by atoms with Crippen LogP contribution in [0.2, 0.25) is 0 Å². The molecule has 0 aliphatic carbocycles. The zero-order valence-corrected chi connectivity index (χ0v) is 11.1. The summed E-state index contributed by atoms with van der Waals surface area (Å²) >= 11 is 0. The van der Waals surface area contributed by atoms with Crippen molar-refractivity contribution in [1.29, 1.82) is 0 Å². The summed E-state index contributed by atoms with van der Waals surface area (Å²) < 4.78 is 26.7. The third-order valence-corrected chi connectivity index (χ3v) is 3.30. The van der Waals surface area contributed by atoms with Gasteiger partial charge in [0, 0.05) is 23.7 Å². The van der Waals surface area contributed by atoms with Crippen LogP contribution >= 0.6 is 0 Å². The van der Waals surface area contributed by atoms with E-state index in [4.69, 9.17) is 5.73 Å². The molecule has 0 radical (unpaired) electrons. The summed E-state index contributed by atoms with van der Waals surface area (Å²) in [4.78, 5) is 4.21. The van der Waals surface area contributed by atoms with Gasteiger partial charge in [-0.3, -0.25) is 4.98 Å². The van der Waals surface area contributed by atoms with E-state index in [-0.39, 0.29) is 12.1 Å². The van der Waals surface area contributed by atoms with E-state index in [1.54, 1.807) is 18.3 Å². The van der Waals surface area contributed by atoms with E-state index in [1.165, 1.54) is 6.07 Å². The molecule has 0 aliphatic heterocycles. The number of halogens is 2. The standard InChI is InChI=1S/C16H13F2N3/c17-11-3-4-13(18)10(8-11)9-21-15-6-5-14-12(16(15)19)2-1-7-20-14/h1-8,21H,9,19H2. The molecule has 3 rings (SSSR count). The van der Waals surface area contributed by atoms with Gasteiger partial charge < -0.3 is 11.1 Å². The number of nitrogen functional groups attached to an aromatic ring is 1. The SMILES string of the molecule is Nc1c(NCc2cc(F)ccc2F)ccc2ncccc12. The molecule has 0 saturated heterocycles. The number of hydrogen-bond donors (Lipinski definition) is 2. The Balaban J connectivity index is 1.88. The molecule has 1 heterocycles. The topological polar surface area (TPSA) is 50.9 Å². The van der Waals surface area contributed by atoms with Crippen LogP contribution in [0, 0.1) is 11.6 Å². The number of nitrogens with zero attached hydrogens (tertiary/aromatic N) is 1. The molecule has 3 N–H and O–H groups in total. The van der Waals surface area contributed by atoms with Crippen LogP contribution in [0.3, 0.4) is 0 Å². The number of pyridine rings is 1. The summed E-state index contributed by atoms with van der Waals surface area (Å²) in [5, 5.41) is 3.85. The third-order valence-electron chi connectivity index (χ3n) is 3.30. The van der Waals surface area contributed by atoms with Gasteiger partial charge in [0.15, 0.2) is 0 Å². The quantitative estimate of drug-likeness (QED) is 0.721. The Morgan fingerprint density at radius 2 is 1.95 bits per heavy atom. The second-order valence-corrected chi connectivity index (χ2v) is 4.69. The summed E-state index contributed by atoms with van der Waals surface area (Å²) in [6.07, 6.45) is 1.69. The lowest BCUT2D eigenvalue weighted by atomic mass is 10.1. The molecule has 3 nitrogen and oxygen atoms in total. The fourth-order valence-corrected chi connectivity index (χ4v) is 2.20. The van der Waals surface area contributed by atoms with E-state index in [0.29, 0.717) is 11.4 Å². The van der Waals surface area contributed by atoms with Crippen LogP contribution in [-0.4, -0.2) is 4.98 Å². The summed E-state index contributed by atoms with van der Waals surface area (Å²) in [5.74, 6) is -0.922. The van der Waals surface area contributed by atoms with Crippen LogP contribution < -0.4 is 11.1 Å². The molecular weight excluding hydrogens is 272 g/mol. The van der Waals surface area contributed by atoms with Crippen molar-refractivity contribution >= 4 is 22.3 Å². The first kappa shape index (κ1) is 13.3. The molecule has 0 fully saturated rings. The second-order valence-electron chi connectivity index (χ2n) is 4.69. The Labute approximate surface area is 120 Å². The molecular formula is C16H13F2N3. The van der Waals surface area contributed by atoms with Crippen molar-refractivity contribution in [3.8, 4) is 0 Å². The van der Waals surface area contributed by atoms with Crippen molar-refractivity contribution in [2.24, 2.45) is 0 Å². The lowest BCUT2D eigenvalue weighted by molar-refractivity contribution is 0.587. The van der Waals surface area contributed by atoms with Gasteiger partial charge in [-0.1, -0.05) is 0 Å². The second kappa shape index (κ2) is 5.36. The molecule has 106 valence electrons. The average molecular weight is 285 g/mol. The molecule has 0 spiro atoms. The Morgan fingerprint density at radius 1 is 1.10 bits per heavy atom. The van der Waals surface area contributed by atoms with E-state index in [0.717, 1.165) is 23.0 Å². The van der Waals surface area contributed by atoms with Crippen LogP contribution in [0.15, 0.2) is 48.7 Å². The first-order valence-corrected chi connectivity index (χ1v) is 6.46. The molecule has 0 unspecified atom stereocenters. The maximum absolute atomic E-state index is 13.6. The van der Waals surface area contributed by atoms with Crippen molar-refractivity contribution in [2.75, 3.05) is 11.1 Å². The maximum Gasteiger partial charge on any atom is 0.128 e. The zero-order chi connectivity index (χ0) is 14.8. The fraction of sp³-hybridized carbons (Fsp3) is 0.0625. The first-order chi connectivity index (χ1) is 10.1. The minimum atomic E-state index is -0.469. The van der Waals surface area contributed by atoms with Gasteiger partial charge in [0.25, 0.3) is 0 Å². The third kappa shape index (κ3) is 2.63. The van der Waals surface area contributed by atoms with Gasteiger partial charge >= 0.3 is 0 Å². The number of nitrogens with two attached hydrogens (primary N) is 1. The molecule has 0 bridgehead atoms. The van der Waals surface area contributed by atoms with Gasteiger partial charge in [-0.2, -0.15) is 0 Å². The van der Waals surface area contributed by atoms with Gasteiger partial charge in [-0.15, -0.1) is 0 Å². The van der Waals surface area contributed by atoms with E-state index < -0.39 is 11.6 Å². The van der Waals surface area contributed by atoms with Crippen molar-refractivity contribution in [3.63, 3.8) is 0 Å². The highest BCUT2D eigenvalue weighted by molar-refractivity contribution is 5.96. The van der Waals surface area contributed by atoms with Crippen LogP contribution in [0.25, 0.3) is 10.9 Å². The van der Waals surface area contributed by atoms with Crippen LogP contribution in [0.4, 0.5) is 20.2 Å². The minimum Gasteiger partial charge on any atom is -0.397 e. The predicted octanol–water partition coefficient (Wildman–Crippen LogP) is 3.71. The van der Waals surface area contributed by atoms with Crippen LogP contribution in [-0.2, 0) is 6.54 Å². The summed E-state index contributed by atoms with van der Waals surface area (Å²) in [7, 11) is 0. The monoisotopic (exact) mass is 285 g/mol. The molecule has 0 amide bonds. The number of benzene rings is 2. The summed E-state index contributed by atoms with van der Waals surface area (Å²) in [5.41, 5.74) is 8.33. The van der Waals surface area contributed by atoms with Crippen molar-refractivity contribution in [3.05, 3.63) is 65.9 Å². The van der Waals surface area contributed by atoms with Gasteiger partial charge in [-0.25, -0.2) is 8.78 Å².